The molecule has 2 aromatic heterocycles. The summed E-state index contributed by atoms with van der Waals surface area (Å²) < 4.78 is 5.23. The third-order valence-corrected chi connectivity index (χ3v) is 4.53. The number of hydrogen-bond donors (Lipinski definition) is 1. The summed E-state index contributed by atoms with van der Waals surface area (Å²) in [6.45, 7) is 2.30. The number of nitrogens with one attached hydrogen (secondary N) is 1. The van der Waals surface area contributed by atoms with Gasteiger partial charge in [0.05, 0.1) is 5.75 Å². The van der Waals surface area contributed by atoms with Crippen LogP contribution in [0, 0.1) is 5.92 Å². The van der Waals surface area contributed by atoms with Gasteiger partial charge in [0.15, 0.2) is 0 Å². The van der Waals surface area contributed by atoms with Crippen LogP contribution in [-0.2, 0) is 5.75 Å². The molecule has 0 aliphatic carbocycles. The lowest BCUT2D eigenvalue weighted by Crippen LogP contribution is -2.43. The van der Waals surface area contributed by atoms with Crippen LogP contribution in [0.3, 0.4) is 0 Å². The number of thioether (sulfide) groups is 1. The van der Waals surface area contributed by atoms with Crippen LogP contribution in [0.15, 0.2) is 21.3 Å². The summed E-state index contributed by atoms with van der Waals surface area (Å²) in [5.41, 5.74) is 1.04. The molecule has 0 unspecified atom stereocenters. The number of aromatic nitrogens is 2. The Kier molecular flexibility index (Phi) is 3.44. The van der Waals surface area contributed by atoms with Gasteiger partial charge in [0.1, 0.15) is 0 Å². The van der Waals surface area contributed by atoms with Crippen LogP contribution in [-0.4, -0.2) is 29.0 Å². The monoisotopic (exact) mass is 267 g/mol. The molecular formula is C11H13N3OS2. The smallest absolute Gasteiger partial charge is 0.236 e. The van der Waals surface area contributed by atoms with Gasteiger partial charge >= 0.3 is 0 Å². The maximum Gasteiger partial charge on any atom is 0.236 e. The van der Waals surface area contributed by atoms with Crippen molar-refractivity contribution >= 4 is 23.1 Å². The molecule has 4 nitrogen and oxygen atoms in total. The third kappa shape index (κ3) is 2.70. The van der Waals surface area contributed by atoms with Gasteiger partial charge in [-0.05, 0) is 36.2 Å². The molecule has 0 bridgehead atoms. The van der Waals surface area contributed by atoms with Crippen molar-refractivity contribution in [2.24, 2.45) is 5.92 Å². The van der Waals surface area contributed by atoms with Crippen LogP contribution >= 0.6 is 23.1 Å². The molecule has 1 saturated heterocycles. The fraction of sp³-hybridized carbons (Fsp3) is 0.455. The van der Waals surface area contributed by atoms with E-state index in [9.17, 15) is 0 Å². The highest BCUT2D eigenvalue weighted by Gasteiger charge is 2.17. The predicted octanol–water partition coefficient (Wildman–Crippen LogP) is 2.25. The molecule has 3 heterocycles. The average Bonchev–Trinajstić information content (AvgIpc) is 2.91. The van der Waals surface area contributed by atoms with Gasteiger partial charge in [0.25, 0.3) is 0 Å². The van der Waals surface area contributed by atoms with Crippen molar-refractivity contribution in [3.63, 3.8) is 0 Å². The van der Waals surface area contributed by atoms with Crippen LogP contribution < -0.4 is 5.32 Å². The molecular weight excluding hydrogens is 254 g/mol. The van der Waals surface area contributed by atoms with E-state index in [-0.39, 0.29) is 0 Å². The van der Waals surface area contributed by atoms with Crippen molar-refractivity contribution in [3.05, 3.63) is 22.7 Å². The van der Waals surface area contributed by atoms with Crippen molar-refractivity contribution in [2.45, 2.75) is 5.75 Å². The molecule has 1 aliphatic heterocycles. The summed E-state index contributed by atoms with van der Waals surface area (Å²) in [6, 6.07) is 2.01. The van der Waals surface area contributed by atoms with E-state index in [1.165, 1.54) is 5.75 Å². The first kappa shape index (κ1) is 11.3. The maximum absolute atomic E-state index is 5.23. The van der Waals surface area contributed by atoms with Crippen LogP contribution in [0.1, 0.15) is 5.89 Å². The first-order valence-electron chi connectivity index (χ1n) is 5.55. The molecule has 0 radical (unpaired) electrons. The average molecular weight is 267 g/mol. The highest BCUT2D eigenvalue weighted by atomic mass is 32.2. The normalized spacial score (nSPS) is 16.0. The second kappa shape index (κ2) is 5.20. The molecule has 0 amide bonds. The standard InChI is InChI=1S/C11H13N3OS2/c1-2-16-6-9(1)11-13-10(15-14-11)7-17-5-8-3-12-4-8/h1-2,6,8,12H,3-5,7H2. The molecule has 2 aromatic rings. The van der Waals surface area contributed by atoms with E-state index >= 15 is 0 Å². The Bertz CT molecular complexity index is 465. The predicted molar refractivity (Wildman–Crippen MR) is 70.1 cm³/mol. The molecule has 3 rings (SSSR count). The lowest BCUT2D eigenvalue weighted by molar-refractivity contribution is 0.382. The molecule has 17 heavy (non-hydrogen) atoms. The second-order valence-electron chi connectivity index (χ2n) is 4.06. The minimum absolute atomic E-state index is 0.701. The van der Waals surface area contributed by atoms with Gasteiger partial charge in [-0.1, -0.05) is 5.16 Å². The van der Waals surface area contributed by atoms with Gasteiger partial charge in [-0.25, -0.2) is 0 Å². The molecule has 1 aliphatic rings. The Morgan fingerprint density at radius 1 is 1.53 bits per heavy atom. The van der Waals surface area contributed by atoms with E-state index in [4.69, 9.17) is 4.52 Å². The minimum atomic E-state index is 0.701. The Morgan fingerprint density at radius 2 is 2.47 bits per heavy atom. The van der Waals surface area contributed by atoms with Crippen LogP contribution in [0.5, 0.6) is 0 Å². The fourth-order valence-electron chi connectivity index (χ4n) is 1.60. The quantitative estimate of drug-likeness (QED) is 0.900. The summed E-state index contributed by atoms with van der Waals surface area (Å²) in [6.07, 6.45) is 0. The summed E-state index contributed by atoms with van der Waals surface area (Å²) in [5, 5.41) is 11.3. The topological polar surface area (TPSA) is 51.0 Å². The van der Waals surface area contributed by atoms with Crippen LogP contribution in [0.2, 0.25) is 0 Å². The van der Waals surface area contributed by atoms with Crippen molar-refractivity contribution in [1.29, 1.82) is 0 Å². The summed E-state index contributed by atoms with van der Waals surface area (Å²) in [5.74, 6) is 4.23. The van der Waals surface area contributed by atoms with Gasteiger partial charge in [0, 0.05) is 10.9 Å². The molecule has 1 N–H and O–H groups in total. The van der Waals surface area contributed by atoms with E-state index in [1.54, 1.807) is 11.3 Å². The highest BCUT2D eigenvalue weighted by Crippen LogP contribution is 2.21. The van der Waals surface area contributed by atoms with Crippen LogP contribution in [0.4, 0.5) is 0 Å². The fourth-order valence-corrected chi connectivity index (χ4v) is 3.21. The Balaban J connectivity index is 1.53. The Morgan fingerprint density at radius 3 is 3.18 bits per heavy atom. The largest absolute Gasteiger partial charge is 0.338 e. The lowest BCUT2D eigenvalue weighted by Gasteiger charge is -2.26. The van der Waals surface area contributed by atoms with E-state index in [2.05, 4.69) is 15.5 Å². The van der Waals surface area contributed by atoms with Gasteiger partial charge in [-0.15, -0.1) is 0 Å². The zero-order valence-corrected chi connectivity index (χ0v) is 10.9. The van der Waals surface area contributed by atoms with E-state index in [0.29, 0.717) is 5.82 Å². The summed E-state index contributed by atoms with van der Waals surface area (Å²) >= 11 is 3.51. The van der Waals surface area contributed by atoms with Gasteiger partial charge in [-0.3, -0.25) is 0 Å². The summed E-state index contributed by atoms with van der Waals surface area (Å²) in [4.78, 5) is 4.39. The SMILES string of the molecule is c1cc(-c2noc(CSCC3CNC3)n2)cs1. The molecule has 6 heteroatoms. The van der Waals surface area contributed by atoms with Crippen molar-refractivity contribution in [1.82, 2.24) is 15.5 Å². The molecule has 0 atom stereocenters. The molecule has 1 fully saturated rings. The van der Waals surface area contributed by atoms with Crippen LogP contribution in [0.25, 0.3) is 11.4 Å². The number of nitrogens with zero attached hydrogens (tertiary/aromatic N) is 2. The number of hydrogen-bond acceptors (Lipinski definition) is 6. The van der Waals surface area contributed by atoms with E-state index < -0.39 is 0 Å². The maximum atomic E-state index is 5.23. The number of rotatable bonds is 5. The molecule has 0 spiro atoms. The summed E-state index contributed by atoms with van der Waals surface area (Å²) in [7, 11) is 0. The number of thiophene rings is 1. The second-order valence-corrected chi connectivity index (χ2v) is 5.87. The zero-order valence-electron chi connectivity index (χ0n) is 9.26. The lowest BCUT2D eigenvalue weighted by atomic mass is 10.1. The van der Waals surface area contributed by atoms with Crippen molar-refractivity contribution < 1.29 is 4.52 Å². The van der Waals surface area contributed by atoms with Gasteiger partial charge in [-0.2, -0.15) is 28.1 Å². The third-order valence-electron chi connectivity index (χ3n) is 2.69. The molecule has 90 valence electrons. The molecule has 0 aromatic carbocycles. The van der Waals surface area contributed by atoms with E-state index in [1.807, 2.05) is 28.6 Å². The van der Waals surface area contributed by atoms with E-state index in [0.717, 1.165) is 36.2 Å². The zero-order chi connectivity index (χ0) is 11.5. The van der Waals surface area contributed by atoms with Gasteiger partial charge < -0.3 is 9.84 Å². The first-order chi connectivity index (χ1) is 8.42. The first-order valence-corrected chi connectivity index (χ1v) is 7.65. The highest BCUT2D eigenvalue weighted by molar-refractivity contribution is 7.98. The van der Waals surface area contributed by atoms with Crippen molar-refractivity contribution in [3.8, 4) is 11.4 Å². The Labute approximate surface area is 108 Å². The van der Waals surface area contributed by atoms with Crippen molar-refractivity contribution in [2.75, 3.05) is 18.8 Å². The van der Waals surface area contributed by atoms with Gasteiger partial charge in [0.2, 0.25) is 11.7 Å². The Hall–Kier alpha value is -0.850. The molecule has 0 saturated carbocycles. The minimum Gasteiger partial charge on any atom is -0.338 e.